The van der Waals surface area contributed by atoms with Crippen molar-refractivity contribution in [1.29, 1.82) is 0 Å². The van der Waals surface area contributed by atoms with Gasteiger partial charge in [-0.3, -0.25) is 0 Å². The number of carboxylic acid groups (broad SMARTS) is 1. The molecule has 1 heterocycles. The number of methoxy groups -OCH3 is 1. The van der Waals surface area contributed by atoms with Crippen LogP contribution in [0, 0.1) is 5.82 Å². The number of carbonyl (C=O) groups is 1. The number of aromatic carboxylic acids is 1. The second-order valence-electron chi connectivity index (χ2n) is 3.54. The van der Waals surface area contributed by atoms with Crippen molar-refractivity contribution in [1.82, 2.24) is 5.16 Å². The third-order valence-corrected chi connectivity index (χ3v) is 3.27. The quantitative estimate of drug-likeness (QED) is 0.870. The van der Waals surface area contributed by atoms with Crippen LogP contribution in [0.1, 0.15) is 10.5 Å². The molecule has 0 radical (unpaired) electrons. The van der Waals surface area contributed by atoms with Crippen LogP contribution in [0.5, 0.6) is 5.75 Å². The molecule has 0 atom stereocenters. The lowest BCUT2D eigenvalue weighted by molar-refractivity contribution is 0.0686. The highest BCUT2D eigenvalue weighted by Gasteiger charge is 2.19. The number of rotatable bonds is 4. The average molecular weight is 283 g/mol. The number of carboxylic acids is 1. The number of hydrogen-bond acceptors (Lipinski definition) is 5. The molecule has 0 aliphatic carbocycles. The minimum Gasteiger partial charge on any atom is -0.495 e. The molecule has 1 aromatic carbocycles. The fraction of sp³-hybridized carbons (Fsp3) is 0.167. The molecule has 0 spiro atoms. The van der Waals surface area contributed by atoms with Gasteiger partial charge in [0.15, 0.2) is 17.3 Å². The van der Waals surface area contributed by atoms with Gasteiger partial charge in [0.1, 0.15) is 5.75 Å². The van der Waals surface area contributed by atoms with Gasteiger partial charge in [0, 0.05) is 6.07 Å². The summed E-state index contributed by atoms with van der Waals surface area (Å²) >= 11 is 1.19. The van der Waals surface area contributed by atoms with Crippen molar-refractivity contribution in [2.75, 3.05) is 13.4 Å². The third-order valence-electron chi connectivity index (χ3n) is 2.48. The van der Waals surface area contributed by atoms with Crippen molar-refractivity contribution in [3.63, 3.8) is 0 Å². The van der Waals surface area contributed by atoms with Gasteiger partial charge in [0.25, 0.3) is 0 Å². The van der Waals surface area contributed by atoms with Crippen LogP contribution in [-0.4, -0.2) is 29.6 Å². The minimum absolute atomic E-state index is 0.0628. The molecule has 0 saturated heterocycles. The minimum atomic E-state index is -1.23. The lowest BCUT2D eigenvalue weighted by atomic mass is 10.1. The van der Waals surface area contributed by atoms with Gasteiger partial charge in [-0.2, -0.15) is 0 Å². The first kappa shape index (κ1) is 13.4. The highest BCUT2D eigenvalue weighted by molar-refractivity contribution is 7.98. The fourth-order valence-electron chi connectivity index (χ4n) is 1.58. The Hall–Kier alpha value is -2.02. The van der Waals surface area contributed by atoms with Crippen molar-refractivity contribution in [2.45, 2.75) is 4.90 Å². The van der Waals surface area contributed by atoms with Crippen molar-refractivity contribution >= 4 is 17.7 Å². The Morgan fingerprint density at radius 3 is 2.79 bits per heavy atom. The second-order valence-corrected chi connectivity index (χ2v) is 4.36. The van der Waals surface area contributed by atoms with Crippen molar-refractivity contribution in [3.05, 3.63) is 29.7 Å². The van der Waals surface area contributed by atoms with Crippen LogP contribution >= 0.6 is 11.8 Å². The summed E-state index contributed by atoms with van der Waals surface area (Å²) in [5, 5.41) is 12.1. The summed E-state index contributed by atoms with van der Waals surface area (Å²) in [6, 6.07) is 4.23. The van der Waals surface area contributed by atoms with E-state index in [0.717, 1.165) is 0 Å². The van der Waals surface area contributed by atoms with Gasteiger partial charge in [0.05, 0.1) is 17.6 Å². The molecule has 0 unspecified atom stereocenters. The zero-order valence-corrected chi connectivity index (χ0v) is 11.0. The first-order valence-corrected chi connectivity index (χ1v) is 6.41. The summed E-state index contributed by atoms with van der Waals surface area (Å²) in [6.07, 6.45) is 1.72. The van der Waals surface area contributed by atoms with E-state index < -0.39 is 11.8 Å². The predicted octanol–water partition coefficient (Wildman–Crippen LogP) is 2.91. The lowest BCUT2D eigenvalue weighted by Crippen LogP contribution is -1.95. The molecule has 1 N–H and O–H groups in total. The average Bonchev–Trinajstić information content (AvgIpc) is 2.87. The van der Waals surface area contributed by atoms with Gasteiger partial charge in [-0.1, -0.05) is 5.16 Å². The molecule has 100 valence electrons. The summed E-state index contributed by atoms with van der Waals surface area (Å²) < 4.78 is 24.2. The molecule has 2 aromatic rings. The van der Waals surface area contributed by atoms with Crippen LogP contribution in [0.4, 0.5) is 4.39 Å². The zero-order valence-electron chi connectivity index (χ0n) is 10.1. The molecule has 0 aliphatic heterocycles. The Morgan fingerprint density at radius 2 is 2.26 bits per heavy atom. The van der Waals surface area contributed by atoms with E-state index in [1.54, 1.807) is 12.3 Å². The number of ether oxygens (including phenoxy) is 1. The second kappa shape index (κ2) is 5.31. The van der Waals surface area contributed by atoms with Gasteiger partial charge in [-0.15, -0.1) is 11.8 Å². The van der Waals surface area contributed by atoms with E-state index in [-0.39, 0.29) is 17.0 Å². The Labute approximate surface area is 112 Å². The highest BCUT2D eigenvalue weighted by Crippen LogP contribution is 2.36. The molecular weight excluding hydrogens is 273 g/mol. The maximum Gasteiger partial charge on any atom is 0.358 e. The molecule has 0 saturated carbocycles. The number of aromatic nitrogens is 1. The summed E-state index contributed by atoms with van der Waals surface area (Å²) in [5.41, 5.74) is -0.124. The molecule has 0 bridgehead atoms. The first-order chi connectivity index (χ1) is 9.08. The van der Waals surface area contributed by atoms with Gasteiger partial charge >= 0.3 is 5.97 Å². The van der Waals surface area contributed by atoms with Crippen LogP contribution in [-0.2, 0) is 0 Å². The van der Waals surface area contributed by atoms with Crippen molar-refractivity contribution < 1.29 is 23.6 Å². The summed E-state index contributed by atoms with van der Waals surface area (Å²) in [5.74, 6) is -1.28. The zero-order chi connectivity index (χ0) is 14.0. The van der Waals surface area contributed by atoms with Crippen molar-refractivity contribution in [2.24, 2.45) is 0 Å². The van der Waals surface area contributed by atoms with Crippen molar-refractivity contribution in [3.8, 4) is 17.1 Å². The van der Waals surface area contributed by atoms with Gasteiger partial charge in [-0.25, -0.2) is 9.18 Å². The SMILES string of the molecule is COc1ccc(-c2cc(C(=O)O)no2)c(F)c1SC. The first-order valence-electron chi connectivity index (χ1n) is 5.19. The molecule has 2 rings (SSSR count). The molecule has 5 nitrogen and oxygen atoms in total. The maximum atomic E-state index is 14.3. The van der Waals surface area contributed by atoms with Crippen LogP contribution in [0.15, 0.2) is 27.6 Å². The third kappa shape index (κ3) is 2.41. The topological polar surface area (TPSA) is 72.6 Å². The number of hydrogen-bond donors (Lipinski definition) is 1. The maximum absolute atomic E-state index is 14.3. The van der Waals surface area contributed by atoms with Crippen LogP contribution in [0.2, 0.25) is 0 Å². The largest absolute Gasteiger partial charge is 0.495 e. The molecule has 1 aromatic heterocycles. The van der Waals surface area contributed by atoms with E-state index in [9.17, 15) is 9.18 Å². The molecule has 19 heavy (non-hydrogen) atoms. The van der Waals surface area contributed by atoms with E-state index in [4.69, 9.17) is 14.4 Å². The summed E-state index contributed by atoms with van der Waals surface area (Å²) in [7, 11) is 1.45. The Balaban J connectivity index is 2.53. The molecule has 0 aliphatic rings. The van der Waals surface area contributed by atoms with Gasteiger partial charge < -0.3 is 14.4 Å². The number of thioether (sulfide) groups is 1. The molecule has 7 heteroatoms. The summed E-state index contributed by atoms with van der Waals surface area (Å²) in [4.78, 5) is 11.0. The monoisotopic (exact) mass is 283 g/mol. The standard InChI is InChI=1S/C12H10FNO4S/c1-17-8-4-3-6(10(13)11(8)19-2)9-5-7(12(15)16)14-18-9/h3-5H,1-2H3,(H,15,16). The van der Waals surface area contributed by atoms with E-state index in [1.165, 1.54) is 31.0 Å². The van der Waals surface area contributed by atoms with E-state index in [0.29, 0.717) is 10.6 Å². The summed E-state index contributed by atoms with van der Waals surface area (Å²) in [6.45, 7) is 0. The number of halogens is 1. The van der Waals surface area contributed by atoms with Crippen LogP contribution in [0.3, 0.4) is 0 Å². The number of benzene rings is 1. The van der Waals surface area contributed by atoms with Gasteiger partial charge in [-0.05, 0) is 18.4 Å². The molecule has 0 amide bonds. The van der Waals surface area contributed by atoms with Gasteiger partial charge in [0.2, 0.25) is 0 Å². The molecule has 0 fully saturated rings. The normalized spacial score (nSPS) is 10.5. The Bertz CT molecular complexity index is 626. The predicted molar refractivity (Wildman–Crippen MR) is 67.2 cm³/mol. The number of nitrogens with zero attached hydrogens (tertiary/aromatic N) is 1. The molecular formula is C12H10FNO4S. The van der Waals surface area contributed by atoms with E-state index in [1.807, 2.05) is 0 Å². The van der Waals surface area contributed by atoms with Crippen LogP contribution in [0.25, 0.3) is 11.3 Å². The van der Waals surface area contributed by atoms with Crippen LogP contribution < -0.4 is 4.74 Å². The highest BCUT2D eigenvalue weighted by atomic mass is 32.2. The smallest absolute Gasteiger partial charge is 0.358 e. The lowest BCUT2D eigenvalue weighted by Gasteiger charge is -2.09. The van der Waals surface area contributed by atoms with E-state index >= 15 is 0 Å². The fourth-order valence-corrected chi connectivity index (χ4v) is 2.22. The van der Waals surface area contributed by atoms with E-state index in [2.05, 4.69) is 5.16 Å². The Morgan fingerprint density at radius 1 is 1.53 bits per heavy atom. The Kier molecular flexibility index (Phi) is 3.75.